The molecule has 0 bridgehead atoms. The topological polar surface area (TPSA) is 125 Å². The van der Waals surface area contributed by atoms with Crippen molar-refractivity contribution in [2.45, 2.75) is 12.8 Å². The molecule has 3 amide bonds. The normalized spacial score (nSPS) is 15.6. The van der Waals surface area contributed by atoms with Crippen LogP contribution in [0.15, 0.2) is 29.6 Å². The number of anilines is 2. The molecule has 1 aliphatic heterocycles. The van der Waals surface area contributed by atoms with Gasteiger partial charge in [-0.3, -0.25) is 14.4 Å². The molecular formula is C17H14N4O3S. The minimum atomic E-state index is -0.780. The number of nitriles is 1. The molecule has 1 aromatic heterocycles. The Hall–Kier alpha value is -3.18. The van der Waals surface area contributed by atoms with Crippen molar-refractivity contribution >= 4 is 39.7 Å². The summed E-state index contributed by atoms with van der Waals surface area (Å²) >= 11 is 1.05. The number of para-hydroxylation sites is 1. The number of benzene rings is 1. The van der Waals surface area contributed by atoms with Crippen LogP contribution in [0.4, 0.5) is 10.7 Å². The Labute approximate surface area is 147 Å². The number of amides is 3. The number of primary amides is 1. The van der Waals surface area contributed by atoms with Crippen LogP contribution in [-0.2, 0) is 16.0 Å². The monoisotopic (exact) mass is 354 g/mol. The molecule has 1 aliphatic rings. The minimum Gasteiger partial charge on any atom is -0.365 e. The number of thiophene rings is 1. The van der Waals surface area contributed by atoms with E-state index in [9.17, 15) is 14.4 Å². The number of nitrogens with zero attached hydrogens (tertiary/aromatic N) is 1. The second kappa shape index (κ2) is 6.75. The SMILES string of the molecule is N#Cc1csc(NC(=O)CC2Cc3ccccc3NC2=O)c1C(N)=O. The summed E-state index contributed by atoms with van der Waals surface area (Å²) in [6, 6.07) is 9.30. The summed E-state index contributed by atoms with van der Waals surface area (Å²) in [5.41, 5.74) is 7.13. The van der Waals surface area contributed by atoms with Gasteiger partial charge in [-0.05, 0) is 18.1 Å². The van der Waals surface area contributed by atoms with Gasteiger partial charge in [-0.2, -0.15) is 5.26 Å². The molecule has 8 heteroatoms. The maximum atomic E-state index is 12.3. The van der Waals surface area contributed by atoms with E-state index in [1.165, 1.54) is 5.38 Å². The summed E-state index contributed by atoms with van der Waals surface area (Å²) in [6.07, 6.45) is 0.435. The highest BCUT2D eigenvalue weighted by Crippen LogP contribution is 2.30. The highest BCUT2D eigenvalue weighted by molar-refractivity contribution is 7.15. The van der Waals surface area contributed by atoms with Crippen LogP contribution in [-0.4, -0.2) is 17.7 Å². The molecule has 3 rings (SSSR count). The third-order valence-electron chi connectivity index (χ3n) is 3.95. The first-order chi connectivity index (χ1) is 12.0. The lowest BCUT2D eigenvalue weighted by Crippen LogP contribution is -2.33. The van der Waals surface area contributed by atoms with Gasteiger partial charge in [-0.15, -0.1) is 11.3 Å². The second-order valence-electron chi connectivity index (χ2n) is 5.63. The van der Waals surface area contributed by atoms with E-state index in [1.807, 2.05) is 30.3 Å². The Morgan fingerprint density at radius 3 is 2.88 bits per heavy atom. The number of hydrogen-bond acceptors (Lipinski definition) is 5. The molecule has 0 saturated carbocycles. The minimum absolute atomic E-state index is 0.000656. The highest BCUT2D eigenvalue weighted by Gasteiger charge is 2.28. The molecule has 25 heavy (non-hydrogen) atoms. The Bertz CT molecular complexity index is 913. The Morgan fingerprint density at radius 1 is 1.40 bits per heavy atom. The third-order valence-corrected chi connectivity index (χ3v) is 4.85. The lowest BCUT2D eigenvalue weighted by atomic mass is 9.90. The van der Waals surface area contributed by atoms with Gasteiger partial charge in [-0.1, -0.05) is 18.2 Å². The average Bonchev–Trinajstić information content (AvgIpc) is 2.98. The van der Waals surface area contributed by atoms with Crippen molar-refractivity contribution in [2.75, 3.05) is 10.6 Å². The van der Waals surface area contributed by atoms with Crippen molar-refractivity contribution in [3.05, 3.63) is 46.3 Å². The smallest absolute Gasteiger partial charge is 0.253 e. The van der Waals surface area contributed by atoms with E-state index in [2.05, 4.69) is 10.6 Å². The third kappa shape index (κ3) is 3.36. The van der Waals surface area contributed by atoms with Crippen LogP contribution in [0.25, 0.3) is 0 Å². The van der Waals surface area contributed by atoms with Gasteiger partial charge in [0.25, 0.3) is 5.91 Å². The maximum Gasteiger partial charge on any atom is 0.253 e. The average molecular weight is 354 g/mol. The van der Waals surface area contributed by atoms with E-state index in [0.29, 0.717) is 6.42 Å². The molecule has 0 saturated heterocycles. The zero-order valence-corrected chi connectivity index (χ0v) is 13.9. The number of fused-ring (bicyclic) bond motifs is 1. The van der Waals surface area contributed by atoms with Crippen molar-refractivity contribution in [1.82, 2.24) is 0 Å². The molecule has 0 fully saturated rings. The summed E-state index contributed by atoms with van der Waals surface area (Å²) < 4.78 is 0. The molecule has 1 atom stereocenters. The molecule has 2 heterocycles. The number of nitrogens with one attached hydrogen (secondary N) is 2. The van der Waals surface area contributed by atoms with E-state index in [1.54, 1.807) is 0 Å². The predicted octanol–water partition coefficient (Wildman–Crippen LogP) is 1.86. The molecule has 1 aromatic carbocycles. The molecule has 0 radical (unpaired) electrons. The van der Waals surface area contributed by atoms with E-state index in [-0.39, 0.29) is 28.5 Å². The number of carbonyl (C=O) groups is 3. The summed E-state index contributed by atoms with van der Waals surface area (Å²) in [7, 11) is 0. The maximum absolute atomic E-state index is 12.3. The molecule has 2 aromatic rings. The van der Waals surface area contributed by atoms with Gasteiger partial charge in [0.1, 0.15) is 11.1 Å². The summed E-state index contributed by atoms with van der Waals surface area (Å²) in [5.74, 6) is -1.90. The van der Waals surface area contributed by atoms with Crippen molar-refractivity contribution in [2.24, 2.45) is 11.7 Å². The van der Waals surface area contributed by atoms with Gasteiger partial charge in [0, 0.05) is 17.5 Å². The Balaban J connectivity index is 1.72. The fourth-order valence-electron chi connectivity index (χ4n) is 2.76. The van der Waals surface area contributed by atoms with Gasteiger partial charge >= 0.3 is 0 Å². The van der Waals surface area contributed by atoms with Gasteiger partial charge in [0.05, 0.1) is 17.0 Å². The first-order valence-corrected chi connectivity index (χ1v) is 8.37. The number of rotatable bonds is 4. The van der Waals surface area contributed by atoms with Crippen molar-refractivity contribution in [3.63, 3.8) is 0 Å². The van der Waals surface area contributed by atoms with Gasteiger partial charge in [0.2, 0.25) is 11.8 Å². The molecule has 0 aliphatic carbocycles. The standard InChI is InChI=1S/C17H14N4O3S/c18-7-11-8-25-17(14(11)15(19)23)21-13(22)6-10-5-9-3-1-2-4-12(9)20-16(10)24/h1-4,8,10H,5-6H2,(H2,19,23)(H,20,24)(H,21,22). The van der Waals surface area contributed by atoms with Gasteiger partial charge in [-0.25, -0.2) is 0 Å². The fraction of sp³-hybridized carbons (Fsp3) is 0.176. The highest BCUT2D eigenvalue weighted by atomic mass is 32.1. The van der Waals surface area contributed by atoms with Crippen molar-refractivity contribution in [3.8, 4) is 6.07 Å². The Morgan fingerprint density at radius 2 is 2.16 bits per heavy atom. The lowest BCUT2D eigenvalue weighted by Gasteiger charge is -2.24. The van der Waals surface area contributed by atoms with Crippen LogP contribution in [0.2, 0.25) is 0 Å². The molecule has 4 N–H and O–H groups in total. The molecule has 1 unspecified atom stereocenters. The first-order valence-electron chi connectivity index (χ1n) is 7.49. The fourth-order valence-corrected chi connectivity index (χ4v) is 3.66. The zero-order valence-electron chi connectivity index (χ0n) is 13.0. The van der Waals surface area contributed by atoms with E-state index in [0.717, 1.165) is 22.6 Å². The second-order valence-corrected chi connectivity index (χ2v) is 6.51. The zero-order chi connectivity index (χ0) is 18.0. The van der Waals surface area contributed by atoms with Crippen LogP contribution < -0.4 is 16.4 Å². The molecule has 126 valence electrons. The van der Waals surface area contributed by atoms with Crippen molar-refractivity contribution in [1.29, 1.82) is 5.26 Å². The van der Waals surface area contributed by atoms with Crippen LogP contribution in [0.1, 0.15) is 27.9 Å². The van der Waals surface area contributed by atoms with E-state index < -0.39 is 17.7 Å². The van der Waals surface area contributed by atoms with E-state index >= 15 is 0 Å². The predicted molar refractivity (Wildman–Crippen MR) is 93.1 cm³/mol. The van der Waals surface area contributed by atoms with Gasteiger partial charge in [0.15, 0.2) is 0 Å². The van der Waals surface area contributed by atoms with Crippen molar-refractivity contribution < 1.29 is 14.4 Å². The first kappa shape index (κ1) is 16.7. The van der Waals surface area contributed by atoms with Crippen LogP contribution in [0, 0.1) is 17.2 Å². The lowest BCUT2D eigenvalue weighted by molar-refractivity contribution is -0.125. The summed E-state index contributed by atoms with van der Waals surface area (Å²) in [6.45, 7) is 0. The Kier molecular flexibility index (Phi) is 4.50. The quantitative estimate of drug-likeness (QED) is 0.775. The number of hydrogen-bond donors (Lipinski definition) is 3. The largest absolute Gasteiger partial charge is 0.365 e. The van der Waals surface area contributed by atoms with Gasteiger partial charge < -0.3 is 16.4 Å². The number of nitrogens with two attached hydrogens (primary N) is 1. The van der Waals surface area contributed by atoms with Crippen LogP contribution in [0.3, 0.4) is 0 Å². The molecule has 7 nitrogen and oxygen atoms in total. The molecule has 0 spiro atoms. The number of carbonyl (C=O) groups excluding carboxylic acids is 3. The van der Waals surface area contributed by atoms with Crippen LogP contribution >= 0.6 is 11.3 Å². The van der Waals surface area contributed by atoms with E-state index in [4.69, 9.17) is 11.0 Å². The molecular weight excluding hydrogens is 340 g/mol. The van der Waals surface area contributed by atoms with Crippen LogP contribution in [0.5, 0.6) is 0 Å². The summed E-state index contributed by atoms with van der Waals surface area (Å²) in [4.78, 5) is 35.9. The summed E-state index contributed by atoms with van der Waals surface area (Å²) in [5, 5.41) is 16.0.